The highest BCUT2D eigenvalue weighted by molar-refractivity contribution is 6.08. The van der Waals surface area contributed by atoms with Gasteiger partial charge in [0.15, 0.2) is 0 Å². The molecule has 1 saturated heterocycles. The standard InChI is InChI=1S/C19H24FN3O3/c1-13(14-6-8-15(20)9-7-14)21-16(24)12-23-17(25)19(22(2)18(23)26)10-4-3-5-11-19/h6-9,13H,3-5,10-12H2,1-2H3,(H,21,24)/t13-/m0/s1. The minimum absolute atomic E-state index is 0.269. The molecule has 0 radical (unpaired) electrons. The summed E-state index contributed by atoms with van der Waals surface area (Å²) < 4.78 is 13.0. The van der Waals surface area contributed by atoms with Crippen molar-refractivity contribution in [2.45, 2.75) is 50.6 Å². The SMILES string of the molecule is C[C@H](NC(=O)CN1C(=O)N(C)C2(CCCCC2)C1=O)c1ccc(F)cc1. The number of carbonyl (C=O) groups is 3. The lowest BCUT2D eigenvalue weighted by molar-refractivity contribution is -0.137. The van der Waals surface area contributed by atoms with Crippen LogP contribution < -0.4 is 5.32 Å². The van der Waals surface area contributed by atoms with Gasteiger partial charge in [-0.25, -0.2) is 9.18 Å². The summed E-state index contributed by atoms with van der Waals surface area (Å²) in [5.74, 6) is -1.03. The zero-order valence-electron chi connectivity index (χ0n) is 15.1. The predicted molar refractivity (Wildman–Crippen MR) is 93.6 cm³/mol. The van der Waals surface area contributed by atoms with E-state index in [2.05, 4.69) is 5.32 Å². The fourth-order valence-corrected chi connectivity index (χ4v) is 3.94. The number of nitrogens with zero attached hydrogens (tertiary/aromatic N) is 2. The van der Waals surface area contributed by atoms with Crippen LogP contribution in [0.25, 0.3) is 0 Å². The number of amides is 4. The van der Waals surface area contributed by atoms with Crippen molar-refractivity contribution >= 4 is 17.8 Å². The first-order valence-corrected chi connectivity index (χ1v) is 9.00. The van der Waals surface area contributed by atoms with Gasteiger partial charge in [0.2, 0.25) is 5.91 Å². The van der Waals surface area contributed by atoms with Crippen LogP contribution in [0.15, 0.2) is 24.3 Å². The lowest BCUT2D eigenvalue weighted by atomic mass is 9.81. The lowest BCUT2D eigenvalue weighted by Crippen LogP contribution is -2.49. The molecule has 1 heterocycles. The van der Waals surface area contributed by atoms with Crippen molar-refractivity contribution < 1.29 is 18.8 Å². The summed E-state index contributed by atoms with van der Waals surface area (Å²) in [6, 6.07) is 5.08. The van der Waals surface area contributed by atoms with Gasteiger partial charge in [0.25, 0.3) is 5.91 Å². The second kappa shape index (κ2) is 7.05. The molecule has 1 atom stereocenters. The number of urea groups is 1. The van der Waals surface area contributed by atoms with E-state index in [9.17, 15) is 18.8 Å². The molecule has 1 saturated carbocycles. The molecule has 26 heavy (non-hydrogen) atoms. The molecule has 7 heteroatoms. The van der Waals surface area contributed by atoms with Gasteiger partial charge >= 0.3 is 6.03 Å². The highest BCUT2D eigenvalue weighted by atomic mass is 19.1. The number of hydrogen-bond donors (Lipinski definition) is 1. The Hall–Kier alpha value is -2.44. The molecule has 4 amide bonds. The number of nitrogens with one attached hydrogen (secondary N) is 1. The van der Waals surface area contributed by atoms with E-state index < -0.39 is 17.5 Å². The fourth-order valence-electron chi connectivity index (χ4n) is 3.94. The van der Waals surface area contributed by atoms with Crippen molar-refractivity contribution in [3.05, 3.63) is 35.6 Å². The van der Waals surface area contributed by atoms with Gasteiger partial charge in [0, 0.05) is 7.05 Å². The summed E-state index contributed by atoms with van der Waals surface area (Å²) in [5, 5.41) is 2.76. The van der Waals surface area contributed by atoms with Gasteiger partial charge in [0.1, 0.15) is 17.9 Å². The third kappa shape index (κ3) is 3.18. The Morgan fingerprint density at radius 2 is 1.81 bits per heavy atom. The molecule has 1 N–H and O–H groups in total. The quantitative estimate of drug-likeness (QED) is 0.838. The Morgan fingerprint density at radius 1 is 1.19 bits per heavy atom. The Balaban J connectivity index is 1.66. The molecule has 1 spiro atoms. The van der Waals surface area contributed by atoms with Gasteiger partial charge in [-0.2, -0.15) is 0 Å². The number of imide groups is 1. The average Bonchev–Trinajstić information content (AvgIpc) is 2.79. The number of carbonyl (C=O) groups excluding carboxylic acids is 3. The molecule has 2 aliphatic rings. The van der Waals surface area contributed by atoms with Gasteiger partial charge in [-0.15, -0.1) is 0 Å². The number of rotatable bonds is 4. The first-order chi connectivity index (χ1) is 12.3. The lowest BCUT2D eigenvalue weighted by Gasteiger charge is -2.35. The molecule has 6 nitrogen and oxygen atoms in total. The summed E-state index contributed by atoms with van der Waals surface area (Å²) in [4.78, 5) is 40.3. The van der Waals surface area contributed by atoms with Crippen molar-refractivity contribution in [3.63, 3.8) is 0 Å². The van der Waals surface area contributed by atoms with Crippen molar-refractivity contribution in [2.24, 2.45) is 0 Å². The third-order valence-electron chi connectivity index (χ3n) is 5.53. The van der Waals surface area contributed by atoms with E-state index >= 15 is 0 Å². The number of benzene rings is 1. The first-order valence-electron chi connectivity index (χ1n) is 9.00. The van der Waals surface area contributed by atoms with Crippen LogP contribution >= 0.6 is 0 Å². The van der Waals surface area contributed by atoms with Crippen molar-refractivity contribution in [1.82, 2.24) is 15.1 Å². The van der Waals surface area contributed by atoms with E-state index in [0.717, 1.165) is 29.7 Å². The summed E-state index contributed by atoms with van der Waals surface area (Å²) in [5.41, 5.74) is -0.0299. The highest BCUT2D eigenvalue weighted by Crippen LogP contribution is 2.39. The van der Waals surface area contributed by atoms with Gasteiger partial charge in [0.05, 0.1) is 6.04 Å². The molecule has 140 valence electrons. The molecule has 1 aliphatic carbocycles. The van der Waals surface area contributed by atoms with E-state index in [0.29, 0.717) is 12.8 Å². The minimum atomic E-state index is -0.780. The summed E-state index contributed by atoms with van der Waals surface area (Å²) >= 11 is 0. The Labute approximate surface area is 152 Å². The fraction of sp³-hybridized carbons (Fsp3) is 0.526. The molecule has 3 rings (SSSR count). The van der Waals surface area contributed by atoms with E-state index in [1.54, 1.807) is 26.1 Å². The van der Waals surface area contributed by atoms with Crippen molar-refractivity contribution in [1.29, 1.82) is 0 Å². The van der Waals surface area contributed by atoms with Gasteiger partial charge in [-0.05, 0) is 37.5 Å². The monoisotopic (exact) mass is 361 g/mol. The largest absolute Gasteiger partial charge is 0.348 e. The van der Waals surface area contributed by atoms with Crippen LogP contribution in [0, 0.1) is 5.82 Å². The van der Waals surface area contributed by atoms with Crippen molar-refractivity contribution in [3.8, 4) is 0 Å². The molecule has 0 unspecified atom stereocenters. The Kier molecular flexibility index (Phi) is 4.98. The van der Waals surface area contributed by atoms with E-state index in [1.165, 1.54) is 17.0 Å². The van der Waals surface area contributed by atoms with Crippen LogP contribution in [-0.4, -0.2) is 46.8 Å². The molecular formula is C19H24FN3O3. The Morgan fingerprint density at radius 3 is 2.42 bits per heavy atom. The number of hydrogen-bond acceptors (Lipinski definition) is 3. The summed E-state index contributed by atoms with van der Waals surface area (Å²) in [6.45, 7) is 1.48. The molecule has 2 fully saturated rings. The average molecular weight is 361 g/mol. The molecule has 1 aliphatic heterocycles. The third-order valence-corrected chi connectivity index (χ3v) is 5.53. The maximum Gasteiger partial charge on any atom is 0.327 e. The van der Waals surface area contributed by atoms with Crippen LogP contribution in [0.1, 0.15) is 50.6 Å². The normalized spacial score (nSPS) is 20.6. The molecule has 1 aromatic rings. The summed E-state index contributed by atoms with van der Waals surface area (Å²) in [6.07, 6.45) is 4.18. The maximum atomic E-state index is 13.0. The topological polar surface area (TPSA) is 69.7 Å². The van der Waals surface area contributed by atoms with Crippen LogP contribution in [0.2, 0.25) is 0 Å². The molecular weight excluding hydrogens is 337 g/mol. The number of likely N-dealkylation sites (N-methyl/N-ethyl adjacent to an activating group) is 1. The minimum Gasteiger partial charge on any atom is -0.348 e. The first kappa shape index (κ1) is 18.4. The highest BCUT2D eigenvalue weighted by Gasteiger charge is 2.55. The van der Waals surface area contributed by atoms with E-state index in [-0.39, 0.29) is 24.3 Å². The molecule has 0 bridgehead atoms. The number of halogens is 1. The predicted octanol–water partition coefficient (Wildman–Crippen LogP) is 2.60. The zero-order chi connectivity index (χ0) is 18.9. The Bertz CT molecular complexity index is 713. The van der Waals surface area contributed by atoms with Crippen LogP contribution in [0.5, 0.6) is 0 Å². The van der Waals surface area contributed by atoms with Gasteiger partial charge in [-0.1, -0.05) is 31.4 Å². The van der Waals surface area contributed by atoms with Crippen molar-refractivity contribution in [2.75, 3.05) is 13.6 Å². The van der Waals surface area contributed by atoms with Gasteiger partial charge < -0.3 is 10.2 Å². The van der Waals surface area contributed by atoms with Crippen LogP contribution in [0.4, 0.5) is 9.18 Å². The van der Waals surface area contributed by atoms with Gasteiger partial charge in [-0.3, -0.25) is 14.5 Å². The van der Waals surface area contributed by atoms with Crippen LogP contribution in [-0.2, 0) is 9.59 Å². The second-order valence-electron chi connectivity index (χ2n) is 7.17. The van der Waals surface area contributed by atoms with Crippen LogP contribution in [0.3, 0.4) is 0 Å². The molecule has 0 aromatic heterocycles. The van der Waals surface area contributed by atoms with E-state index in [4.69, 9.17) is 0 Å². The smallest absolute Gasteiger partial charge is 0.327 e. The zero-order valence-corrected chi connectivity index (χ0v) is 15.1. The van der Waals surface area contributed by atoms with E-state index in [1.807, 2.05) is 0 Å². The summed E-state index contributed by atoms with van der Waals surface area (Å²) in [7, 11) is 1.64. The molecule has 1 aromatic carbocycles. The second-order valence-corrected chi connectivity index (χ2v) is 7.17. The maximum absolute atomic E-state index is 13.0.